The second kappa shape index (κ2) is 13.2. The maximum atomic E-state index is 15.1. The number of halogens is 2. The van der Waals surface area contributed by atoms with Crippen LogP contribution in [0.2, 0.25) is 5.02 Å². The number of aliphatic imine (C=N–C) groups is 1. The molecule has 1 fully saturated rings. The molecule has 2 amide bonds. The SMILES string of the molecule is C=CCCN(/C(=N/C)c1cc(Cl)c(-c2c(O)cccc2F)nc1N(C=O)c1ccccc1C1(C)CC1)C(C)CNC=O. The predicted molar refractivity (Wildman–Crippen MR) is 165 cm³/mol. The van der Waals surface area contributed by atoms with Crippen LogP contribution in [0.5, 0.6) is 5.75 Å². The Morgan fingerprint density at radius 2 is 2.00 bits per heavy atom. The first-order valence-electron chi connectivity index (χ1n) is 13.7. The molecule has 0 aliphatic heterocycles. The van der Waals surface area contributed by atoms with E-state index >= 15 is 4.39 Å². The Hall–Kier alpha value is -4.24. The standard InChI is InChI=1S/C32H35ClFN5O3/c1-5-6-16-38(21(2)18-36-19-40)30(35-4)22-17-24(33)29(28-25(34)11-9-13-27(28)42)37-31(22)39(20-41)26-12-8-7-10-23(26)32(3)14-15-32/h5,7-13,17,19-21,42H,1,6,14-16,18H2,2-4H3,(H,36,40)/b35-30+. The van der Waals surface area contributed by atoms with Crippen molar-refractivity contribution in [3.63, 3.8) is 0 Å². The molecule has 1 heterocycles. The van der Waals surface area contributed by atoms with E-state index in [4.69, 9.17) is 16.6 Å². The number of amides is 2. The fourth-order valence-corrected chi connectivity index (χ4v) is 5.37. The number of carbonyl (C=O) groups excluding carboxylic acids is 2. The Kier molecular flexibility index (Phi) is 9.63. The van der Waals surface area contributed by atoms with Gasteiger partial charge in [-0.15, -0.1) is 6.58 Å². The van der Waals surface area contributed by atoms with E-state index in [2.05, 4.69) is 23.8 Å². The Labute approximate surface area is 250 Å². The van der Waals surface area contributed by atoms with Gasteiger partial charge in [-0.05, 0) is 61.4 Å². The van der Waals surface area contributed by atoms with Crippen LogP contribution in [0.25, 0.3) is 11.3 Å². The molecule has 10 heteroatoms. The molecule has 220 valence electrons. The van der Waals surface area contributed by atoms with Crippen molar-refractivity contribution in [1.29, 1.82) is 0 Å². The highest BCUT2D eigenvalue weighted by molar-refractivity contribution is 6.33. The topological polar surface area (TPSA) is 98.1 Å². The van der Waals surface area contributed by atoms with Crippen molar-refractivity contribution >= 4 is 41.8 Å². The van der Waals surface area contributed by atoms with Crippen LogP contribution in [0.3, 0.4) is 0 Å². The summed E-state index contributed by atoms with van der Waals surface area (Å²) in [6.07, 6.45) is 5.65. The molecule has 1 atom stereocenters. The summed E-state index contributed by atoms with van der Waals surface area (Å²) in [6.45, 7) is 8.75. The second-order valence-electron chi connectivity index (χ2n) is 10.6. The molecule has 1 aromatic heterocycles. The first-order chi connectivity index (χ1) is 20.2. The van der Waals surface area contributed by atoms with Gasteiger partial charge in [0.2, 0.25) is 12.8 Å². The number of carbonyl (C=O) groups is 2. The number of nitrogens with zero attached hydrogens (tertiary/aromatic N) is 4. The number of anilines is 2. The summed E-state index contributed by atoms with van der Waals surface area (Å²) in [7, 11) is 1.62. The normalized spacial score (nSPS) is 14.5. The fraction of sp³-hybridized carbons (Fsp3) is 0.312. The van der Waals surface area contributed by atoms with E-state index in [0.717, 1.165) is 18.4 Å². The number of hydrogen-bond acceptors (Lipinski definition) is 5. The Balaban J connectivity index is 2.00. The molecule has 2 N–H and O–H groups in total. The number of amidine groups is 1. The van der Waals surface area contributed by atoms with E-state index < -0.39 is 5.82 Å². The smallest absolute Gasteiger partial charge is 0.219 e. The lowest BCUT2D eigenvalue weighted by Crippen LogP contribution is -2.45. The number of benzene rings is 2. The molecule has 1 aliphatic rings. The third-order valence-electron chi connectivity index (χ3n) is 7.66. The molecular weight excluding hydrogens is 557 g/mol. The van der Waals surface area contributed by atoms with Gasteiger partial charge in [-0.1, -0.05) is 48.9 Å². The monoisotopic (exact) mass is 591 g/mol. The number of rotatable bonds is 13. The van der Waals surface area contributed by atoms with Crippen molar-refractivity contribution in [2.75, 3.05) is 25.0 Å². The summed E-state index contributed by atoms with van der Waals surface area (Å²) in [5.41, 5.74) is 1.76. The molecule has 1 aliphatic carbocycles. The van der Waals surface area contributed by atoms with E-state index in [1.807, 2.05) is 36.1 Å². The number of pyridine rings is 1. The fourth-order valence-electron chi connectivity index (χ4n) is 5.12. The maximum Gasteiger partial charge on any atom is 0.219 e. The number of phenolic OH excluding ortho intramolecular Hbond substituents is 1. The van der Waals surface area contributed by atoms with Crippen LogP contribution in [0, 0.1) is 5.82 Å². The molecule has 4 rings (SSSR count). The summed E-state index contributed by atoms with van der Waals surface area (Å²) in [5.74, 6) is -0.411. The molecule has 1 unspecified atom stereocenters. The predicted octanol–water partition coefficient (Wildman–Crippen LogP) is 5.98. The number of aromatic nitrogens is 1. The van der Waals surface area contributed by atoms with Crippen LogP contribution in [-0.2, 0) is 15.0 Å². The van der Waals surface area contributed by atoms with E-state index in [0.29, 0.717) is 49.4 Å². The molecule has 0 bridgehead atoms. The lowest BCUT2D eigenvalue weighted by atomic mass is 9.95. The highest BCUT2D eigenvalue weighted by Crippen LogP contribution is 2.51. The van der Waals surface area contributed by atoms with Crippen LogP contribution in [0.15, 0.2) is 66.2 Å². The number of nitrogens with one attached hydrogen (secondary N) is 1. The molecule has 0 radical (unpaired) electrons. The van der Waals surface area contributed by atoms with Gasteiger partial charge < -0.3 is 15.3 Å². The Morgan fingerprint density at radius 3 is 2.62 bits per heavy atom. The molecular formula is C32H35ClFN5O3. The average Bonchev–Trinajstić information content (AvgIpc) is 3.74. The molecule has 3 aromatic rings. The van der Waals surface area contributed by atoms with Crippen LogP contribution < -0.4 is 10.2 Å². The highest BCUT2D eigenvalue weighted by Gasteiger charge is 2.42. The van der Waals surface area contributed by atoms with Gasteiger partial charge in [0.1, 0.15) is 17.4 Å². The van der Waals surface area contributed by atoms with Crippen molar-refractivity contribution in [2.45, 2.75) is 44.6 Å². The van der Waals surface area contributed by atoms with Gasteiger partial charge in [-0.3, -0.25) is 19.5 Å². The highest BCUT2D eigenvalue weighted by atomic mass is 35.5. The van der Waals surface area contributed by atoms with Crippen LogP contribution in [0.1, 0.15) is 44.2 Å². The third kappa shape index (κ3) is 6.16. The van der Waals surface area contributed by atoms with Gasteiger partial charge >= 0.3 is 0 Å². The lowest BCUT2D eigenvalue weighted by Gasteiger charge is -2.34. The zero-order valence-corrected chi connectivity index (χ0v) is 24.7. The number of para-hydroxylation sites is 1. The number of aromatic hydroxyl groups is 1. The number of hydrogen-bond donors (Lipinski definition) is 2. The third-order valence-corrected chi connectivity index (χ3v) is 7.95. The van der Waals surface area contributed by atoms with Crippen molar-refractivity contribution < 1.29 is 19.1 Å². The molecule has 0 spiro atoms. The maximum absolute atomic E-state index is 15.1. The van der Waals surface area contributed by atoms with Gasteiger partial charge in [0.15, 0.2) is 5.82 Å². The van der Waals surface area contributed by atoms with E-state index in [1.165, 1.54) is 23.1 Å². The van der Waals surface area contributed by atoms with Crippen LogP contribution in [-0.4, -0.2) is 59.8 Å². The van der Waals surface area contributed by atoms with E-state index in [9.17, 15) is 14.7 Å². The van der Waals surface area contributed by atoms with E-state index in [1.54, 1.807) is 19.2 Å². The van der Waals surface area contributed by atoms with Gasteiger partial charge in [0.05, 0.1) is 27.5 Å². The Morgan fingerprint density at radius 1 is 1.26 bits per heavy atom. The van der Waals surface area contributed by atoms with Gasteiger partial charge in [-0.2, -0.15) is 0 Å². The van der Waals surface area contributed by atoms with Gasteiger partial charge in [-0.25, -0.2) is 9.37 Å². The summed E-state index contributed by atoms with van der Waals surface area (Å²) >= 11 is 6.77. The van der Waals surface area contributed by atoms with Crippen molar-refractivity contribution in [1.82, 2.24) is 15.2 Å². The summed E-state index contributed by atoms with van der Waals surface area (Å²) in [6, 6.07) is 12.9. The molecule has 1 saturated carbocycles. The minimum atomic E-state index is -0.711. The first kappa shape index (κ1) is 30.7. The molecule has 8 nitrogen and oxygen atoms in total. The summed E-state index contributed by atoms with van der Waals surface area (Å²) in [5, 5.41) is 13.4. The second-order valence-corrected chi connectivity index (χ2v) is 11.0. The Bertz CT molecular complexity index is 1490. The van der Waals surface area contributed by atoms with Crippen LogP contribution in [0.4, 0.5) is 15.9 Å². The lowest BCUT2D eigenvalue weighted by molar-refractivity contribution is -0.109. The largest absolute Gasteiger partial charge is 0.507 e. The molecule has 0 saturated heterocycles. The summed E-state index contributed by atoms with van der Waals surface area (Å²) in [4.78, 5) is 36.8. The summed E-state index contributed by atoms with van der Waals surface area (Å²) < 4.78 is 15.1. The van der Waals surface area contributed by atoms with Crippen molar-refractivity contribution in [3.05, 3.63) is 83.2 Å². The quantitative estimate of drug-likeness (QED) is 0.110. The first-order valence-corrected chi connectivity index (χ1v) is 14.1. The number of phenols is 1. The minimum absolute atomic E-state index is 0.0169. The van der Waals surface area contributed by atoms with Gasteiger partial charge in [0, 0.05) is 26.2 Å². The van der Waals surface area contributed by atoms with Crippen molar-refractivity contribution in [2.24, 2.45) is 4.99 Å². The minimum Gasteiger partial charge on any atom is -0.507 e. The van der Waals surface area contributed by atoms with Crippen LogP contribution >= 0.6 is 11.6 Å². The average molecular weight is 592 g/mol. The molecule has 42 heavy (non-hydrogen) atoms. The zero-order chi connectivity index (χ0) is 30.4. The zero-order valence-electron chi connectivity index (χ0n) is 24.0. The molecule has 2 aromatic carbocycles. The van der Waals surface area contributed by atoms with Crippen molar-refractivity contribution in [3.8, 4) is 17.0 Å². The van der Waals surface area contributed by atoms with Gasteiger partial charge in [0.25, 0.3) is 0 Å². The van der Waals surface area contributed by atoms with E-state index in [-0.39, 0.29) is 39.3 Å².